The van der Waals surface area contributed by atoms with E-state index in [1.54, 1.807) is 0 Å². The van der Waals surface area contributed by atoms with E-state index in [0.717, 1.165) is 6.42 Å². The zero-order chi connectivity index (χ0) is 6.91. The summed E-state index contributed by atoms with van der Waals surface area (Å²) in [7, 11) is -1.01. The van der Waals surface area contributed by atoms with Gasteiger partial charge in [-0.1, -0.05) is 19.6 Å². The monoisotopic (exact) mass is 277 g/mol. The van der Waals surface area contributed by atoms with Gasteiger partial charge in [-0.25, -0.2) is 11.3 Å². The van der Waals surface area contributed by atoms with Crippen LogP contribution in [0.15, 0.2) is 17.3 Å². The smallest absolute Gasteiger partial charge is 0.0393 e. The molecule has 1 rings (SSSR count). The van der Waals surface area contributed by atoms with Crippen molar-refractivity contribution in [2.24, 2.45) is 0 Å². The summed E-state index contributed by atoms with van der Waals surface area (Å²) in [6.45, 7) is 7.06. The standard InChI is InChI=1S/C8H13Si.Ce/c1-9(2,3)8-6-4-5-7-8;/h4,6H,5H2,1-3H3;/q-1;. The van der Waals surface area contributed by atoms with Crippen molar-refractivity contribution < 1.29 is 41.7 Å². The topological polar surface area (TPSA) is 0 Å². The molecule has 1 aliphatic carbocycles. The summed E-state index contributed by atoms with van der Waals surface area (Å²) < 4.78 is 0. The maximum Gasteiger partial charge on any atom is 0.0393 e. The molecule has 0 N–H and O–H groups in total. The Morgan fingerprint density at radius 1 is 1.40 bits per heavy atom. The molecule has 0 radical (unpaired) electrons. The third kappa shape index (κ3) is 2.99. The van der Waals surface area contributed by atoms with E-state index in [1.165, 1.54) is 5.20 Å². The van der Waals surface area contributed by atoms with Crippen LogP contribution in [-0.2, 0) is 0 Å². The molecule has 1 aliphatic rings. The van der Waals surface area contributed by atoms with Gasteiger partial charge in [-0.3, -0.25) is 6.08 Å². The van der Waals surface area contributed by atoms with Crippen LogP contribution in [0.25, 0.3) is 0 Å². The van der Waals surface area contributed by atoms with Crippen LogP contribution in [0.2, 0.25) is 19.6 Å². The number of hydrogen-bond acceptors (Lipinski definition) is 0. The minimum absolute atomic E-state index is 0. The molecule has 54 valence electrons. The zero-order valence-electron chi connectivity index (χ0n) is 6.86. The molecule has 0 nitrogen and oxygen atoms in total. The van der Waals surface area contributed by atoms with Gasteiger partial charge in [0.05, 0.1) is 0 Å². The van der Waals surface area contributed by atoms with Crippen molar-refractivity contribution >= 4 is 8.07 Å². The van der Waals surface area contributed by atoms with Crippen LogP contribution < -0.4 is 0 Å². The molecule has 2 heteroatoms. The quantitative estimate of drug-likeness (QED) is 0.510. The van der Waals surface area contributed by atoms with E-state index in [-0.39, 0.29) is 41.7 Å². The molecule has 0 heterocycles. The zero-order valence-corrected chi connectivity index (χ0v) is 11.0. The van der Waals surface area contributed by atoms with Gasteiger partial charge in [0.1, 0.15) is 0 Å². The Morgan fingerprint density at radius 3 is 2.20 bits per heavy atom. The van der Waals surface area contributed by atoms with Gasteiger partial charge in [-0.05, 0) is 0 Å². The van der Waals surface area contributed by atoms with E-state index in [9.17, 15) is 0 Å². The van der Waals surface area contributed by atoms with Crippen molar-refractivity contribution in [3.8, 4) is 0 Å². The fourth-order valence-electron chi connectivity index (χ4n) is 0.920. The largest absolute Gasteiger partial charge is 0.274 e. The second-order valence-corrected chi connectivity index (χ2v) is 8.49. The molecule has 0 aromatic carbocycles. The van der Waals surface area contributed by atoms with E-state index in [0.29, 0.717) is 0 Å². The Bertz CT molecular complexity index is 163. The third-order valence-corrected chi connectivity index (χ3v) is 3.46. The van der Waals surface area contributed by atoms with E-state index >= 15 is 0 Å². The molecule has 10 heavy (non-hydrogen) atoms. The van der Waals surface area contributed by atoms with E-state index in [1.807, 2.05) is 0 Å². The molecule has 0 aromatic rings. The van der Waals surface area contributed by atoms with Crippen molar-refractivity contribution in [1.82, 2.24) is 0 Å². The summed E-state index contributed by atoms with van der Waals surface area (Å²) in [5.74, 6) is 0. The van der Waals surface area contributed by atoms with Crippen molar-refractivity contribution in [2.45, 2.75) is 26.1 Å². The van der Waals surface area contributed by atoms with Crippen LogP contribution in [0.5, 0.6) is 0 Å². The summed E-state index contributed by atoms with van der Waals surface area (Å²) in [6, 6.07) is 0. The maximum absolute atomic E-state index is 3.36. The average Bonchev–Trinajstić information content (AvgIpc) is 2.08. The van der Waals surface area contributed by atoms with Crippen LogP contribution in [0.1, 0.15) is 6.42 Å². The molecule has 0 amide bonds. The Morgan fingerprint density at radius 2 is 2.00 bits per heavy atom. The minimum Gasteiger partial charge on any atom is -0.274 e. The molecule has 0 atom stereocenters. The van der Waals surface area contributed by atoms with Crippen LogP contribution in [0.3, 0.4) is 0 Å². The first-order chi connectivity index (χ1) is 4.11. The summed E-state index contributed by atoms with van der Waals surface area (Å²) in [4.78, 5) is 0. The SMILES string of the molecule is C[Si](C)(C)C1=[C-]CC=C1.[Ce]. The normalized spacial score (nSPS) is 16.5. The van der Waals surface area contributed by atoms with E-state index in [4.69, 9.17) is 0 Å². The van der Waals surface area contributed by atoms with Crippen molar-refractivity contribution in [2.75, 3.05) is 0 Å². The third-order valence-electron chi connectivity index (χ3n) is 1.50. The predicted molar refractivity (Wildman–Crippen MR) is 43.9 cm³/mol. The summed E-state index contributed by atoms with van der Waals surface area (Å²) in [5.41, 5.74) is 0. The molecule has 0 saturated carbocycles. The molecular weight excluding hydrogens is 264 g/mol. The van der Waals surface area contributed by atoms with Crippen LogP contribution in [0.4, 0.5) is 0 Å². The molecule has 0 bridgehead atoms. The Labute approximate surface area is 98.2 Å². The second kappa shape index (κ2) is 4.19. The molecular formula is C8H13CeSi-. The number of allylic oxidation sites excluding steroid dienone is 4. The molecule has 0 unspecified atom stereocenters. The predicted octanol–water partition coefficient (Wildman–Crippen LogP) is 2.55. The maximum atomic E-state index is 3.36. The molecule has 0 aromatic heterocycles. The first kappa shape index (κ1) is 11.1. The van der Waals surface area contributed by atoms with Crippen LogP contribution in [0, 0.1) is 47.8 Å². The Hall–Kier alpha value is 1.07. The van der Waals surface area contributed by atoms with E-state index < -0.39 is 8.07 Å². The van der Waals surface area contributed by atoms with Crippen LogP contribution >= 0.6 is 0 Å². The first-order valence-electron chi connectivity index (χ1n) is 3.38. The van der Waals surface area contributed by atoms with Crippen molar-refractivity contribution in [3.05, 3.63) is 23.4 Å². The Kier molecular flexibility index (Phi) is 4.64. The van der Waals surface area contributed by atoms with Gasteiger partial charge in [0.15, 0.2) is 0 Å². The van der Waals surface area contributed by atoms with Gasteiger partial charge >= 0.3 is 0 Å². The average molecular weight is 277 g/mol. The molecule has 0 spiro atoms. The van der Waals surface area contributed by atoms with Crippen LogP contribution in [-0.4, -0.2) is 8.07 Å². The number of rotatable bonds is 1. The number of hydrogen-bond donors (Lipinski definition) is 0. The van der Waals surface area contributed by atoms with Gasteiger partial charge < -0.3 is 0 Å². The fraction of sp³-hybridized carbons (Fsp3) is 0.500. The van der Waals surface area contributed by atoms with Gasteiger partial charge in [0, 0.05) is 49.8 Å². The van der Waals surface area contributed by atoms with Gasteiger partial charge in [-0.2, -0.15) is 6.08 Å². The fourth-order valence-corrected chi connectivity index (χ4v) is 2.17. The van der Waals surface area contributed by atoms with Crippen molar-refractivity contribution in [3.63, 3.8) is 0 Å². The molecule has 0 saturated heterocycles. The first-order valence-corrected chi connectivity index (χ1v) is 6.88. The summed E-state index contributed by atoms with van der Waals surface area (Å²) in [6.07, 6.45) is 8.82. The summed E-state index contributed by atoms with van der Waals surface area (Å²) in [5, 5.41) is 1.49. The minimum atomic E-state index is -1.01. The molecule has 0 aliphatic heterocycles. The van der Waals surface area contributed by atoms with Gasteiger partial charge in [0.2, 0.25) is 0 Å². The molecule has 0 fully saturated rings. The van der Waals surface area contributed by atoms with Crippen molar-refractivity contribution in [1.29, 1.82) is 0 Å². The summed E-state index contributed by atoms with van der Waals surface area (Å²) >= 11 is 0. The second-order valence-electron chi connectivity index (χ2n) is 3.45. The van der Waals surface area contributed by atoms with E-state index in [2.05, 4.69) is 37.9 Å². The van der Waals surface area contributed by atoms with Gasteiger partial charge in [0.25, 0.3) is 0 Å². The Balaban J connectivity index is 0.000000810. The van der Waals surface area contributed by atoms with Gasteiger partial charge in [-0.15, -0.1) is 6.42 Å².